The standard InChI is InChI=1S/C17H11N3/c1-3-7-14-12(5-1)9-13-6-2-4-8-15(13)16(14)17-19-10-18-11-20-17/h1-11H. The predicted octanol–water partition coefficient (Wildman–Crippen LogP) is 3.85. The van der Waals surface area contributed by atoms with Gasteiger partial charge in [-0.25, -0.2) is 15.0 Å². The molecule has 3 nitrogen and oxygen atoms in total. The number of hydrogen-bond donors (Lipinski definition) is 0. The zero-order valence-electron chi connectivity index (χ0n) is 10.7. The molecule has 0 saturated carbocycles. The van der Waals surface area contributed by atoms with Gasteiger partial charge in [0.15, 0.2) is 5.82 Å². The fourth-order valence-corrected chi connectivity index (χ4v) is 2.62. The number of rotatable bonds is 1. The van der Waals surface area contributed by atoms with Crippen LogP contribution in [0.25, 0.3) is 32.9 Å². The van der Waals surface area contributed by atoms with Gasteiger partial charge in [-0.3, -0.25) is 0 Å². The summed E-state index contributed by atoms with van der Waals surface area (Å²) in [6, 6.07) is 18.8. The van der Waals surface area contributed by atoms with E-state index in [-0.39, 0.29) is 0 Å². The molecule has 4 aromatic rings. The topological polar surface area (TPSA) is 38.7 Å². The maximum absolute atomic E-state index is 4.33. The Hall–Kier alpha value is -2.81. The van der Waals surface area contributed by atoms with Crippen LogP contribution in [-0.4, -0.2) is 15.0 Å². The number of fused-ring (bicyclic) bond motifs is 2. The smallest absolute Gasteiger partial charge is 0.163 e. The Labute approximate surface area is 116 Å². The maximum atomic E-state index is 4.33. The Morgan fingerprint density at radius 3 is 1.80 bits per heavy atom. The first-order valence-electron chi connectivity index (χ1n) is 6.46. The van der Waals surface area contributed by atoms with Crippen molar-refractivity contribution in [1.29, 1.82) is 0 Å². The molecule has 1 heterocycles. The van der Waals surface area contributed by atoms with Gasteiger partial charge in [0.1, 0.15) is 12.7 Å². The van der Waals surface area contributed by atoms with Crippen molar-refractivity contribution >= 4 is 21.5 Å². The molecule has 0 unspecified atom stereocenters. The SMILES string of the molecule is c1ccc2c(-c3ncncn3)c3ccccc3cc2c1. The van der Waals surface area contributed by atoms with Crippen molar-refractivity contribution in [3.63, 3.8) is 0 Å². The molecule has 0 atom stereocenters. The van der Waals surface area contributed by atoms with Crippen LogP contribution in [0, 0.1) is 0 Å². The van der Waals surface area contributed by atoms with E-state index in [9.17, 15) is 0 Å². The molecular weight excluding hydrogens is 246 g/mol. The molecule has 94 valence electrons. The summed E-state index contributed by atoms with van der Waals surface area (Å²) in [4.78, 5) is 12.6. The van der Waals surface area contributed by atoms with Gasteiger partial charge in [-0.1, -0.05) is 48.5 Å². The first-order valence-corrected chi connectivity index (χ1v) is 6.46. The Kier molecular flexibility index (Phi) is 2.42. The normalized spacial score (nSPS) is 11.0. The van der Waals surface area contributed by atoms with E-state index in [1.165, 1.54) is 10.8 Å². The number of aromatic nitrogens is 3. The molecule has 20 heavy (non-hydrogen) atoms. The van der Waals surface area contributed by atoms with Crippen molar-refractivity contribution in [2.75, 3.05) is 0 Å². The third-order valence-electron chi connectivity index (χ3n) is 3.49. The van der Waals surface area contributed by atoms with Crippen LogP contribution >= 0.6 is 0 Å². The number of benzene rings is 3. The minimum Gasteiger partial charge on any atom is -0.225 e. The summed E-state index contributed by atoms with van der Waals surface area (Å²) in [5.41, 5.74) is 1.07. The van der Waals surface area contributed by atoms with Crippen molar-refractivity contribution < 1.29 is 0 Å². The second kappa shape index (κ2) is 4.38. The number of nitrogens with zero attached hydrogens (tertiary/aromatic N) is 3. The molecular formula is C17H11N3. The Balaban J connectivity index is 2.24. The molecule has 0 amide bonds. The third kappa shape index (κ3) is 1.64. The van der Waals surface area contributed by atoms with Crippen molar-refractivity contribution in [2.24, 2.45) is 0 Å². The van der Waals surface area contributed by atoms with Gasteiger partial charge in [-0.15, -0.1) is 0 Å². The van der Waals surface area contributed by atoms with Gasteiger partial charge in [0.25, 0.3) is 0 Å². The van der Waals surface area contributed by atoms with Gasteiger partial charge in [-0.05, 0) is 27.6 Å². The monoisotopic (exact) mass is 257 g/mol. The third-order valence-corrected chi connectivity index (χ3v) is 3.49. The maximum Gasteiger partial charge on any atom is 0.163 e. The average molecular weight is 257 g/mol. The molecule has 0 N–H and O–H groups in total. The first-order chi connectivity index (χ1) is 9.93. The summed E-state index contributed by atoms with van der Waals surface area (Å²) in [6.07, 6.45) is 3.08. The summed E-state index contributed by atoms with van der Waals surface area (Å²) in [5, 5.41) is 4.72. The molecule has 1 aromatic heterocycles. The number of hydrogen-bond acceptors (Lipinski definition) is 3. The molecule has 0 spiro atoms. The van der Waals surface area contributed by atoms with Crippen LogP contribution in [0.4, 0.5) is 0 Å². The van der Waals surface area contributed by atoms with Crippen LogP contribution in [0.1, 0.15) is 0 Å². The summed E-state index contributed by atoms with van der Waals surface area (Å²) in [7, 11) is 0. The molecule has 4 rings (SSSR count). The quantitative estimate of drug-likeness (QED) is 0.486. The second-order valence-corrected chi connectivity index (χ2v) is 4.66. The molecule has 0 radical (unpaired) electrons. The van der Waals surface area contributed by atoms with Gasteiger partial charge in [0.2, 0.25) is 0 Å². The Morgan fingerprint density at radius 1 is 0.650 bits per heavy atom. The van der Waals surface area contributed by atoms with Crippen molar-refractivity contribution in [1.82, 2.24) is 15.0 Å². The lowest BCUT2D eigenvalue weighted by molar-refractivity contribution is 1.06. The van der Waals surface area contributed by atoms with Crippen LogP contribution in [0.3, 0.4) is 0 Å². The van der Waals surface area contributed by atoms with E-state index in [0.29, 0.717) is 5.82 Å². The minimum atomic E-state index is 0.716. The van der Waals surface area contributed by atoms with E-state index in [1.807, 2.05) is 24.3 Å². The van der Waals surface area contributed by atoms with Crippen LogP contribution in [-0.2, 0) is 0 Å². The fourth-order valence-electron chi connectivity index (χ4n) is 2.62. The van der Waals surface area contributed by atoms with Crippen LogP contribution < -0.4 is 0 Å². The van der Waals surface area contributed by atoms with Gasteiger partial charge in [-0.2, -0.15) is 0 Å². The van der Waals surface area contributed by atoms with E-state index >= 15 is 0 Å². The van der Waals surface area contributed by atoms with E-state index < -0.39 is 0 Å². The highest BCUT2D eigenvalue weighted by molar-refractivity contribution is 6.11. The van der Waals surface area contributed by atoms with Crippen LogP contribution in [0.15, 0.2) is 67.3 Å². The molecule has 0 saturated heterocycles. The fraction of sp³-hybridized carbons (Fsp3) is 0. The van der Waals surface area contributed by atoms with Gasteiger partial charge in [0.05, 0.1) is 0 Å². The largest absolute Gasteiger partial charge is 0.225 e. The molecule has 3 aromatic carbocycles. The lowest BCUT2D eigenvalue weighted by Crippen LogP contribution is -1.92. The van der Waals surface area contributed by atoms with E-state index in [0.717, 1.165) is 16.3 Å². The lowest BCUT2D eigenvalue weighted by Gasteiger charge is -2.09. The zero-order valence-corrected chi connectivity index (χ0v) is 10.7. The van der Waals surface area contributed by atoms with Gasteiger partial charge < -0.3 is 0 Å². The highest BCUT2D eigenvalue weighted by atomic mass is 15.0. The summed E-state index contributed by atoms with van der Waals surface area (Å²) in [5.74, 6) is 0.716. The van der Waals surface area contributed by atoms with E-state index in [1.54, 1.807) is 12.7 Å². The van der Waals surface area contributed by atoms with Crippen molar-refractivity contribution in [3.05, 3.63) is 67.3 Å². The van der Waals surface area contributed by atoms with Crippen LogP contribution in [0.5, 0.6) is 0 Å². The van der Waals surface area contributed by atoms with E-state index in [2.05, 4.69) is 45.3 Å². The van der Waals surface area contributed by atoms with Gasteiger partial charge in [0, 0.05) is 5.56 Å². The lowest BCUT2D eigenvalue weighted by atomic mass is 9.96. The highest BCUT2D eigenvalue weighted by Crippen LogP contribution is 2.34. The molecule has 0 bridgehead atoms. The first kappa shape index (κ1) is 11.1. The summed E-state index contributed by atoms with van der Waals surface area (Å²) in [6.45, 7) is 0. The molecule has 0 aliphatic carbocycles. The highest BCUT2D eigenvalue weighted by Gasteiger charge is 2.11. The zero-order chi connectivity index (χ0) is 13.4. The second-order valence-electron chi connectivity index (χ2n) is 4.66. The molecule has 0 aliphatic heterocycles. The Morgan fingerprint density at radius 2 is 1.20 bits per heavy atom. The molecule has 0 fully saturated rings. The van der Waals surface area contributed by atoms with Crippen molar-refractivity contribution in [2.45, 2.75) is 0 Å². The Bertz CT molecular complexity index is 847. The summed E-state index contributed by atoms with van der Waals surface area (Å²) >= 11 is 0. The predicted molar refractivity (Wildman–Crippen MR) is 80.3 cm³/mol. The van der Waals surface area contributed by atoms with Crippen LogP contribution in [0.2, 0.25) is 0 Å². The molecule has 0 aliphatic rings. The minimum absolute atomic E-state index is 0.716. The molecule has 3 heteroatoms. The van der Waals surface area contributed by atoms with E-state index in [4.69, 9.17) is 0 Å². The summed E-state index contributed by atoms with van der Waals surface area (Å²) < 4.78 is 0. The van der Waals surface area contributed by atoms with Gasteiger partial charge >= 0.3 is 0 Å². The van der Waals surface area contributed by atoms with Crippen molar-refractivity contribution in [3.8, 4) is 11.4 Å². The average Bonchev–Trinajstić information content (AvgIpc) is 2.53.